The molecule has 0 N–H and O–H groups in total. The Morgan fingerprint density at radius 3 is 2.00 bits per heavy atom. The molecule has 0 rings (SSSR count). The molecule has 0 spiro atoms. The first-order valence-electron chi connectivity index (χ1n) is 2.64. The van der Waals surface area contributed by atoms with Crippen LogP contribution in [0, 0.1) is 0 Å². The van der Waals surface area contributed by atoms with Crippen molar-refractivity contribution in [1.29, 1.82) is 0 Å². The molecule has 0 aromatic heterocycles. The molecular weight excluding hydrogens is 251 g/mol. The molecule has 0 saturated heterocycles. The Labute approximate surface area is 81.1 Å². The standard InChI is InChI=1S/C7H4O4.Rh/c1-5(10)6(4-9)7(11)2-3-8;/h2H,1H3;. The van der Waals surface area contributed by atoms with Gasteiger partial charge in [-0.15, -0.1) is 0 Å². The van der Waals surface area contributed by atoms with E-state index < -0.39 is 17.1 Å². The van der Waals surface area contributed by atoms with Crippen LogP contribution in [0.25, 0.3) is 0 Å². The van der Waals surface area contributed by atoms with E-state index in [0.717, 1.165) is 18.8 Å². The van der Waals surface area contributed by atoms with Gasteiger partial charge in [0, 0.05) is 26.4 Å². The maximum Gasteiger partial charge on any atom is 0.211 e. The van der Waals surface area contributed by atoms with Gasteiger partial charge < -0.3 is 0 Å². The molecule has 4 nitrogen and oxygen atoms in total. The molecule has 1 radical (unpaired) electrons. The van der Waals surface area contributed by atoms with Gasteiger partial charge in [-0.25, -0.2) is 9.59 Å². The minimum absolute atomic E-state index is 0. The van der Waals surface area contributed by atoms with Crippen molar-refractivity contribution in [3.63, 3.8) is 0 Å². The third-order valence-corrected chi connectivity index (χ3v) is 0.891. The molecule has 0 bridgehead atoms. The van der Waals surface area contributed by atoms with Crippen molar-refractivity contribution in [2.75, 3.05) is 0 Å². The van der Waals surface area contributed by atoms with Gasteiger partial charge in [0.25, 0.3) is 0 Å². The van der Waals surface area contributed by atoms with Crippen LogP contribution < -0.4 is 0 Å². The largest absolute Gasteiger partial charge is 0.294 e. The summed E-state index contributed by atoms with van der Waals surface area (Å²) in [5.74, 6) is 0.637. The van der Waals surface area contributed by atoms with Crippen LogP contribution in [0.15, 0.2) is 11.6 Å². The number of hydrogen-bond acceptors (Lipinski definition) is 4. The second-order valence-electron chi connectivity index (χ2n) is 1.66. The van der Waals surface area contributed by atoms with Crippen LogP contribution in [0.4, 0.5) is 0 Å². The Morgan fingerprint density at radius 1 is 1.25 bits per heavy atom. The molecule has 0 amide bonds. The molecule has 0 atom stereocenters. The van der Waals surface area contributed by atoms with Crippen LogP contribution in [0.1, 0.15) is 6.92 Å². The maximum atomic E-state index is 10.6. The first-order chi connectivity index (χ1) is 5.13. The van der Waals surface area contributed by atoms with E-state index in [1.165, 1.54) is 0 Å². The van der Waals surface area contributed by atoms with E-state index in [1.807, 2.05) is 0 Å². The predicted octanol–water partition coefficient (Wildman–Crippen LogP) is -0.712. The summed E-state index contributed by atoms with van der Waals surface area (Å²) in [6, 6.07) is 0. The molecular formula is C7H4O4Rh. The van der Waals surface area contributed by atoms with Gasteiger partial charge in [-0.3, -0.25) is 9.59 Å². The Kier molecular flexibility index (Phi) is 7.36. The summed E-state index contributed by atoms with van der Waals surface area (Å²) < 4.78 is 0. The van der Waals surface area contributed by atoms with Crippen LogP contribution in [-0.2, 0) is 38.7 Å². The number of carbonyl (C=O) groups excluding carboxylic acids is 4. The SMILES string of the molecule is CC(=O)C(=C=O)C(=O)C=C=O.[Rh]. The molecule has 65 valence electrons. The van der Waals surface area contributed by atoms with Gasteiger partial charge in [0.05, 0.1) is 6.08 Å². The van der Waals surface area contributed by atoms with Crippen molar-refractivity contribution in [2.24, 2.45) is 0 Å². The number of rotatable bonds is 3. The first kappa shape index (κ1) is 13.5. The zero-order chi connectivity index (χ0) is 8.85. The smallest absolute Gasteiger partial charge is 0.211 e. The average Bonchev–Trinajstić information content (AvgIpc) is 1.88. The van der Waals surface area contributed by atoms with E-state index in [-0.39, 0.29) is 19.5 Å². The van der Waals surface area contributed by atoms with Gasteiger partial charge in [-0.2, -0.15) is 0 Å². The maximum absolute atomic E-state index is 10.6. The summed E-state index contributed by atoms with van der Waals surface area (Å²) >= 11 is 0. The Bertz CT molecular complexity index is 293. The first-order valence-corrected chi connectivity index (χ1v) is 2.64. The number of hydrogen-bond donors (Lipinski definition) is 0. The fourth-order valence-corrected chi connectivity index (χ4v) is 0.421. The molecule has 0 aliphatic heterocycles. The van der Waals surface area contributed by atoms with Crippen LogP contribution in [-0.4, -0.2) is 23.4 Å². The Hall–Kier alpha value is -1.14. The molecule has 0 fully saturated rings. The summed E-state index contributed by atoms with van der Waals surface area (Å²) in [4.78, 5) is 40.5. The Morgan fingerprint density at radius 2 is 1.75 bits per heavy atom. The average molecular weight is 255 g/mol. The van der Waals surface area contributed by atoms with E-state index in [9.17, 15) is 19.2 Å². The summed E-state index contributed by atoms with van der Waals surface area (Å²) in [5.41, 5.74) is -0.659. The monoisotopic (exact) mass is 255 g/mol. The van der Waals surface area contributed by atoms with Crippen LogP contribution in [0.2, 0.25) is 0 Å². The van der Waals surface area contributed by atoms with Crippen molar-refractivity contribution in [2.45, 2.75) is 6.92 Å². The van der Waals surface area contributed by atoms with Crippen molar-refractivity contribution >= 4 is 23.4 Å². The zero-order valence-electron chi connectivity index (χ0n) is 6.04. The molecule has 5 heteroatoms. The molecule has 0 aromatic carbocycles. The van der Waals surface area contributed by atoms with Crippen molar-refractivity contribution in [3.05, 3.63) is 11.6 Å². The molecule has 0 aliphatic rings. The second kappa shape index (κ2) is 6.57. The summed E-state index contributed by atoms with van der Waals surface area (Å²) in [6.07, 6.45) is 0.474. The number of carbonyl (C=O) groups is 2. The molecule has 0 aliphatic carbocycles. The topological polar surface area (TPSA) is 68.3 Å². The molecule has 0 heterocycles. The predicted molar refractivity (Wildman–Crippen MR) is 35.2 cm³/mol. The van der Waals surface area contributed by atoms with E-state index in [2.05, 4.69) is 0 Å². The summed E-state index contributed by atoms with van der Waals surface area (Å²) in [7, 11) is 0. The molecule has 0 aromatic rings. The van der Waals surface area contributed by atoms with Crippen LogP contribution in [0.3, 0.4) is 0 Å². The molecule has 0 saturated carbocycles. The Balaban J connectivity index is 0. The third-order valence-electron chi connectivity index (χ3n) is 0.891. The van der Waals surface area contributed by atoms with Crippen LogP contribution in [0.5, 0.6) is 0 Å². The van der Waals surface area contributed by atoms with Crippen molar-refractivity contribution in [1.82, 2.24) is 0 Å². The van der Waals surface area contributed by atoms with E-state index >= 15 is 0 Å². The number of allylic oxidation sites excluding steroid dienone is 2. The van der Waals surface area contributed by atoms with E-state index in [4.69, 9.17) is 0 Å². The fraction of sp³-hybridized carbons (Fsp3) is 0.143. The molecule has 0 unspecified atom stereocenters. The number of Topliss-reactive ketones (excluding diaryl/α,β-unsaturated/α-hetero) is 1. The second-order valence-corrected chi connectivity index (χ2v) is 1.66. The normalized spacial score (nSPS) is 6.75. The quantitative estimate of drug-likeness (QED) is 0.219. The third kappa shape index (κ3) is 3.89. The van der Waals surface area contributed by atoms with E-state index in [1.54, 1.807) is 0 Å². The summed E-state index contributed by atoms with van der Waals surface area (Å²) in [5, 5.41) is 0. The van der Waals surface area contributed by atoms with Gasteiger partial charge in [0.15, 0.2) is 5.78 Å². The number of ketones is 2. The van der Waals surface area contributed by atoms with Crippen molar-refractivity contribution in [3.8, 4) is 0 Å². The van der Waals surface area contributed by atoms with Gasteiger partial charge in [0.2, 0.25) is 5.78 Å². The minimum atomic E-state index is -0.956. The minimum Gasteiger partial charge on any atom is -0.294 e. The van der Waals surface area contributed by atoms with Gasteiger partial charge in [-0.1, -0.05) is 0 Å². The van der Waals surface area contributed by atoms with Gasteiger partial charge in [-0.05, 0) is 0 Å². The molecule has 12 heavy (non-hydrogen) atoms. The van der Waals surface area contributed by atoms with E-state index in [0.29, 0.717) is 6.08 Å². The fourth-order valence-electron chi connectivity index (χ4n) is 0.421. The van der Waals surface area contributed by atoms with Crippen LogP contribution >= 0.6 is 0 Å². The summed E-state index contributed by atoms with van der Waals surface area (Å²) in [6.45, 7) is 1.04. The zero-order valence-corrected chi connectivity index (χ0v) is 7.68. The van der Waals surface area contributed by atoms with Crippen molar-refractivity contribution < 1.29 is 38.7 Å². The van der Waals surface area contributed by atoms with Gasteiger partial charge in [0.1, 0.15) is 17.5 Å². The van der Waals surface area contributed by atoms with Gasteiger partial charge >= 0.3 is 0 Å².